The summed E-state index contributed by atoms with van der Waals surface area (Å²) in [4.78, 5) is 19.4. The zero-order valence-corrected chi connectivity index (χ0v) is 10.3. The molecule has 0 aliphatic carbocycles. The Morgan fingerprint density at radius 2 is 2.05 bits per heavy atom. The minimum absolute atomic E-state index is 0.147. The number of amides is 1. The number of nitrogens with one attached hydrogen (secondary N) is 1. The van der Waals surface area contributed by atoms with Crippen molar-refractivity contribution in [3.8, 4) is 6.01 Å². The molecule has 2 aromatic rings. The van der Waals surface area contributed by atoms with Crippen molar-refractivity contribution in [2.75, 3.05) is 11.9 Å². The molecule has 98 valence electrons. The number of hydrogen-bond donors (Lipinski definition) is 1. The molecule has 1 heterocycles. The molecule has 1 N–H and O–H groups in total. The summed E-state index contributed by atoms with van der Waals surface area (Å²) >= 11 is 0. The number of hydrogen-bond acceptors (Lipinski definition) is 4. The Hall–Kier alpha value is -2.50. The van der Waals surface area contributed by atoms with Crippen molar-refractivity contribution in [3.05, 3.63) is 48.0 Å². The average molecular weight is 261 g/mol. The Labute approximate surface area is 109 Å². The van der Waals surface area contributed by atoms with Crippen LogP contribution in [-0.4, -0.2) is 22.5 Å². The zero-order valence-electron chi connectivity index (χ0n) is 10.3. The summed E-state index contributed by atoms with van der Waals surface area (Å²) in [5.74, 6) is -0.723. The smallest absolute Gasteiger partial charge is 0.317 e. The molecule has 0 fully saturated rings. The Morgan fingerprint density at radius 3 is 2.74 bits per heavy atom. The van der Waals surface area contributed by atoms with Gasteiger partial charge >= 0.3 is 6.01 Å². The summed E-state index contributed by atoms with van der Waals surface area (Å²) in [6, 6.07) is 7.34. The Kier molecular flexibility index (Phi) is 4.02. The lowest BCUT2D eigenvalue weighted by Gasteiger charge is -2.06. The Balaban J connectivity index is 1.86. The molecule has 0 aliphatic heterocycles. The first kappa shape index (κ1) is 12.9. The van der Waals surface area contributed by atoms with Crippen LogP contribution in [0, 0.1) is 12.7 Å². The van der Waals surface area contributed by atoms with Crippen LogP contribution in [0.25, 0.3) is 0 Å². The van der Waals surface area contributed by atoms with E-state index in [4.69, 9.17) is 4.74 Å². The fraction of sp³-hybridized carbons (Fsp3) is 0.154. The van der Waals surface area contributed by atoms with Crippen LogP contribution in [0.3, 0.4) is 0 Å². The van der Waals surface area contributed by atoms with Crippen LogP contribution in [0.5, 0.6) is 6.01 Å². The van der Waals surface area contributed by atoms with E-state index in [1.807, 2.05) is 0 Å². The summed E-state index contributed by atoms with van der Waals surface area (Å²) in [5.41, 5.74) is 1.25. The number of aryl methyl sites for hydroxylation is 1. The van der Waals surface area contributed by atoms with E-state index in [1.54, 1.807) is 19.2 Å². The van der Waals surface area contributed by atoms with E-state index in [2.05, 4.69) is 15.3 Å². The lowest BCUT2D eigenvalue weighted by molar-refractivity contribution is -0.118. The largest absolute Gasteiger partial charge is 0.453 e. The van der Waals surface area contributed by atoms with Crippen LogP contribution in [0.4, 0.5) is 10.1 Å². The normalized spacial score (nSPS) is 10.0. The third-order valence-electron chi connectivity index (χ3n) is 2.23. The van der Waals surface area contributed by atoms with E-state index in [-0.39, 0.29) is 24.3 Å². The first-order chi connectivity index (χ1) is 9.13. The maximum Gasteiger partial charge on any atom is 0.317 e. The second kappa shape index (κ2) is 5.90. The summed E-state index contributed by atoms with van der Waals surface area (Å²) < 4.78 is 17.8. The molecule has 0 spiro atoms. The molecule has 0 bridgehead atoms. The van der Waals surface area contributed by atoms with Gasteiger partial charge in [0.25, 0.3) is 5.91 Å². The molecule has 6 heteroatoms. The van der Waals surface area contributed by atoms with E-state index >= 15 is 0 Å². The lowest BCUT2D eigenvalue weighted by atomic mass is 10.3. The second-order valence-electron chi connectivity index (χ2n) is 3.82. The van der Waals surface area contributed by atoms with Gasteiger partial charge in [0.2, 0.25) is 0 Å². The number of anilines is 1. The van der Waals surface area contributed by atoms with E-state index in [0.29, 0.717) is 5.69 Å². The molecule has 1 amide bonds. The number of benzene rings is 1. The number of carbonyl (C=O) groups excluding carboxylic acids is 1. The van der Waals surface area contributed by atoms with E-state index in [0.717, 1.165) is 5.69 Å². The molecule has 5 nitrogen and oxygen atoms in total. The second-order valence-corrected chi connectivity index (χ2v) is 3.82. The molecular formula is C13H12FN3O2. The quantitative estimate of drug-likeness (QED) is 0.913. The van der Waals surface area contributed by atoms with Gasteiger partial charge in [0.05, 0.1) is 0 Å². The van der Waals surface area contributed by atoms with Gasteiger partial charge in [-0.15, -0.1) is 0 Å². The van der Waals surface area contributed by atoms with Crippen LogP contribution >= 0.6 is 0 Å². The van der Waals surface area contributed by atoms with Gasteiger partial charge in [-0.25, -0.2) is 14.4 Å². The molecule has 2 rings (SSSR count). The highest BCUT2D eigenvalue weighted by atomic mass is 19.1. The van der Waals surface area contributed by atoms with Crippen molar-refractivity contribution in [2.45, 2.75) is 6.92 Å². The highest BCUT2D eigenvalue weighted by Gasteiger charge is 2.05. The lowest BCUT2D eigenvalue weighted by Crippen LogP contribution is -2.20. The highest BCUT2D eigenvalue weighted by molar-refractivity contribution is 5.91. The number of ether oxygens (including phenoxy) is 1. The molecule has 0 atom stereocenters. The van der Waals surface area contributed by atoms with Crippen molar-refractivity contribution in [2.24, 2.45) is 0 Å². The van der Waals surface area contributed by atoms with Gasteiger partial charge in [-0.2, -0.15) is 0 Å². The summed E-state index contributed by atoms with van der Waals surface area (Å²) in [7, 11) is 0. The molecule has 1 aromatic carbocycles. The summed E-state index contributed by atoms with van der Waals surface area (Å²) in [6.45, 7) is 1.59. The fourth-order valence-corrected chi connectivity index (χ4v) is 1.36. The van der Waals surface area contributed by atoms with Gasteiger partial charge in [0, 0.05) is 17.6 Å². The SMILES string of the molecule is Cc1ccnc(OCC(=O)Nc2ccc(F)cc2)n1. The van der Waals surface area contributed by atoms with Crippen molar-refractivity contribution in [3.63, 3.8) is 0 Å². The van der Waals surface area contributed by atoms with Crippen LogP contribution in [-0.2, 0) is 4.79 Å². The van der Waals surface area contributed by atoms with Crippen molar-refractivity contribution >= 4 is 11.6 Å². The summed E-state index contributed by atoms with van der Waals surface area (Å²) in [5, 5.41) is 2.57. The molecular weight excluding hydrogens is 249 g/mol. The molecule has 0 saturated carbocycles. The number of aromatic nitrogens is 2. The zero-order chi connectivity index (χ0) is 13.7. The minimum Gasteiger partial charge on any atom is -0.453 e. The topological polar surface area (TPSA) is 64.1 Å². The monoisotopic (exact) mass is 261 g/mol. The number of halogens is 1. The average Bonchev–Trinajstić information content (AvgIpc) is 2.39. The molecule has 0 aliphatic rings. The van der Waals surface area contributed by atoms with E-state index < -0.39 is 0 Å². The van der Waals surface area contributed by atoms with Crippen molar-refractivity contribution in [1.82, 2.24) is 9.97 Å². The van der Waals surface area contributed by atoms with Gasteiger partial charge in [0.1, 0.15) is 5.82 Å². The molecule has 1 aromatic heterocycles. The maximum absolute atomic E-state index is 12.7. The van der Waals surface area contributed by atoms with Crippen LogP contribution in [0.2, 0.25) is 0 Å². The Bertz CT molecular complexity index is 572. The van der Waals surface area contributed by atoms with Crippen molar-refractivity contribution in [1.29, 1.82) is 0 Å². The molecule has 19 heavy (non-hydrogen) atoms. The van der Waals surface area contributed by atoms with E-state index in [9.17, 15) is 9.18 Å². The number of rotatable bonds is 4. The van der Waals surface area contributed by atoms with Gasteiger partial charge in [0.15, 0.2) is 6.61 Å². The first-order valence-corrected chi connectivity index (χ1v) is 5.61. The first-order valence-electron chi connectivity index (χ1n) is 5.61. The van der Waals surface area contributed by atoms with Crippen molar-refractivity contribution < 1.29 is 13.9 Å². The molecule has 0 radical (unpaired) electrons. The predicted molar refractivity (Wildman–Crippen MR) is 67.3 cm³/mol. The fourth-order valence-electron chi connectivity index (χ4n) is 1.36. The maximum atomic E-state index is 12.7. The molecule has 0 saturated heterocycles. The van der Waals surface area contributed by atoms with Gasteiger partial charge in [-0.05, 0) is 37.3 Å². The predicted octanol–water partition coefficient (Wildman–Crippen LogP) is 1.94. The highest BCUT2D eigenvalue weighted by Crippen LogP contribution is 2.08. The third kappa shape index (κ3) is 4.02. The Morgan fingerprint density at radius 1 is 1.32 bits per heavy atom. The number of nitrogens with zero attached hydrogens (tertiary/aromatic N) is 2. The van der Waals surface area contributed by atoms with Gasteiger partial charge in [-0.3, -0.25) is 4.79 Å². The van der Waals surface area contributed by atoms with Gasteiger partial charge in [-0.1, -0.05) is 0 Å². The van der Waals surface area contributed by atoms with E-state index in [1.165, 1.54) is 24.3 Å². The van der Waals surface area contributed by atoms with Crippen LogP contribution in [0.1, 0.15) is 5.69 Å². The van der Waals surface area contributed by atoms with Gasteiger partial charge < -0.3 is 10.1 Å². The number of carbonyl (C=O) groups is 1. The molecule has 0 unspecified atom stereocenters. The van der Waals surface area contributed by atoms with Crippen LogP contribution in [0.15, 0.2) is 36.5 Å². The summed E-state index contributed by atoms with van der Waals surface area (Å²) in [6.07, 6.45) is 1.55. The third-order valence-corrected chi connectivity index (χ3v) is 2.23. The van der Waals surface area contributed by atoms with Crippen LogP contribution < -0.4 is 10.1 Å². The standard InChI is InChI=1S/C13H12FN3O2/c1-9-6-7-15-13(16-9)19-8-12(18)17-11-4-2-10(14)3-5-11/h2-7H,8H2,1H3,(H,17,18). The minimum atomic E-state index is -0.364.